The van der Waals surface area contributed by atoms with Crippen LogP contribution in [0.5, 0.6) is 0 Å². The molecule has 3 aromatic carbocycles. The van der Waals surface area contributed by atoms with Crippen LogP contribution in [-0.4, -0.2) is 33.4 Å². The molecule has 6 nitrogen and oxygen atoms in total. The zero-order valence-corrected chi connectivity index (χ0v) is 24.4. The predicted molar refractivity (Wildman–Crippen MR) is 163 cm³/mol. The Balaban J connectivity index is 1.93. The average molecular weight is 557 g/mol. The first-order chi connectivity index (χ1) is 19.2. The van der Waals surface area contributed by atoms with Crippen LogP contribution in [0.15, 0.2) is 83.7 Å². The highest BCUT2D eigenvalue weighted by Gasteiger charge is 2.33. The molecule has 0 radical (unpaired) electrons. The third kappa shape index (κ3) is 6.52. The molecule has 2 N–H and O–H groups in total. The summed E-state index contributed by atoms with van der Waals surface area (Å²) in [5.41, 5.74) is 10.4. The first-order valence-electron chi connectivity index (χ1n) is 13.7. The van der Waals surface area contributed by atoms with Crippen molar-refractivity contribution in [1.82, 2.24) is 14.5 Å². The molecule has 4 aromatic rings. The van der Waals surface area contributed by atoms with Gasteiger partial charge in [-0.15, -0.1) is 0 Å². The standard InChI is InChI=1S/C33H37ClN4O2/c1-22(2)30(37(20-8-19-35)33(40)27-13-11-23(3)12-14-27)31-36-32(39)29(26-15-17-28(34)18-16-26)24(4)38(31)21-25-9-6-5-7-10-25/h5-7,9-18,22,30H,8,19-21,35H2,1-4H3. The van der Waals surface area contributed by atoms with Crippen LogP contribution in [0.4, 0.5) is 0 Å². The first-order valence-corrected chi connectivity index (χ1v) is 14.1. The highest BCUT2D eigenvalue weighted by atomic mass is 35.5. The highest BCUT2D eigenvalue weighted by molar-refractivity contribution is 6.30. The summed E-state index contributed by atoms with van der Waals surface area (Å²) in [6.07, 6.45) is 0.631. The van der Waals surface area contributed by atoms with Gasteiger partial charge in [-0.05, 0) is 68.1 Å². The van der Waals surface area contributed by atoms with E-state index >= 15 is 0 Å². The van der Waals surface area contributed by atoms with E-state index in [2.05, 4.69) is 30.5 Å². The van der Waals surface area contributed by atoms with Crippen LogP contribution >= 0.6 is 11.6 Å². The second-order valence-corrected chi connectivity index (χ2v) is 10.9. The number of nitrogens with zero attached hydrogens (tertiary/aromatic N) is 3. The maximum atomic E-state index is 14.0. The fourth-order valence-electron chi connectivity index (χ4n) is 5.11. The Morgan fingerprint density at radius 3 is 2.23 bits per heavy atom. The summed E-state index contributed by atoms with van der Waals surface area (Å²) < 4.78 is 2.09. The van der Waals surface area contributed by atoms with Crippen LogP contribution in [0.2, 0.25) is 5.02 Å². The monoisotopic (exact) mass is 556 g/mol. The highest BCUT2D eigenvalue weighted by Crippen LogP contribution is 2.32. The molecule has 0 saturated heterocycles. The molecule has 1 heterocycles. The van der Waals surface area contributed by atoms with E-state index in [1.54, 1.807) is 12.1 Å². The molecule has 0 aliphatic heterocycles. The van der Waals surface area contributed by atoms with E-state index in [4.69, 9.17) is 22.3 Å². The van der Waals surface area contributed by atoms with Crippen LogP contribution in [-0.2, 0) is 6.54 Å². The fourth-order valence-corrected chi connectivity index (χ4v) is 5.24. The third-order valence-electron chi connectivity index (χ3n) is 7.18. The molecule has 0 fully saturated rings. The van der Waals surface area contributed by atoms with E-state index < -0.39 is 6.04 Å². The van der Waals surface area contributed by atoms with Crippen LogP contribution in [0.1, 0.15) is 59.3 Å². The zero-order valence-electron chi connectivity index (χ0n) is 23.6. The smallest absolute Gasteiger partial charge is 0.281 e. The number of carbonyl (C=O) groups excluding carboxylic acids is 1. The number of aryl methyl sites for hydroxylation is 1. The van der Waals surface area contributed by atoms with Gasteiger partial charge in [0.25, 0.3) is 11.5 Å². The quantitative estimate of drug-likeness (QED) is 0.244. The van der Waals surface area contributed by atoms with Crippen LogP contribution in [0.25, 0.3) is 11.1 Å². The lowest BCUT2D eigenvalue weighted by atomic mass is 9.97. The van der Waals surface area contributed by atoms with Crippen molar-refractivity contribution in [2.24, 2.45) is 11.7 Å². The number of nitrogens with two attached hydrogens (primary N) is 1. The van der Waals surface area contributed by atoms with Crippen molar-refractivity contribution in [2.75, 3.05) is 13.1 Å². The topological polar surface area (TPSA) is 81.2 Å². The number of hydrogen-bond acceptors (Lipinski definition) is 4. The molecule has 0 aliphatic rings. The number of aromatic nitrogens is 2. The Kier molecular flexibility index (Phi) is 9.56. The Morgan fingerprint density at radius 1 is 0.975 bits per heavy atom. The maximum Gasteiger partial charge on any atom is 0.281 e. The van der Waals surface area contributed by atoms with Gasteiger partial charge < -0.3 is 15.2 Å². The van der Waals surface area contributed by atoms with E-state index in [0.29, 0.717) is 48.0 Å². The summed E-state index contributed by atoms with van der Waals surface area (Å²) >= 11 is 6.14. The summed E-state index contributed by atoms with van der Waals surface area (Å²) in [4.78, 5) is 34.3. The number of carbonyl (C=O) groups is 1. The molecule has 0 spiro atoms. The van der Waals surface area contributed by atoms with E-state index in [-0.39, 0.29) is 17.4 Å². The SMILES string of the molecule is Cc1ccc(C(=O)N(CCCN)C(c2nc(=O)c(-c3ccc(Cl)cc3)c(C)n2Cc2ccccc2)C(C)C)cc1. The van der Waals surface area contributed by atoms with Gasteiger partial charge in [-0.25, -0.2) is 0 Å². The van der Waals surface area contributed by atoms with Crippen LogP contribution in [0.3, 0.4) is 0 Å². The van der Waals surface area contributed by atoms with Crippen molar-refractivity contribution in [3.63, 3.8) is 0 Å². The van der Waals surface area contributed by atoms with E-state index in [9.17, 15) is 9.59 Å². The molecule has 208 valence electrons. The molecule has 0 bridgehead atoms. The number of benzene rings is 3. The first kappa shape index (κ1) is 29.2. The maximum absolute atomic E-state index is 14.0. The molecular formula is C33H37ClN4O2. The molecule has 7 heteroatoms. The average Bonchev–Trinajstić information content (AvgIpc) is 2.94. The molecule has 1 unspecified atom stereocenters. The molecule has 0 saturated carbocycles. The van der Waals surface area contributed by atoms with Gasteiger partial charge >= 0.3 is 0 Å². The molecule has 1 amide bonds. The zero-order chi connectivity index (χ0) is 28.8. The second kappa shape index (κ2) is 13.1. The van der Waals surface area contributed by atoms with Crippen molar-refractivity contribution in [2.45, 2.75) is 46.7 Å². The summed E-state index contributed by atoms with van der Waals surface area (Å²) in [6, 6.07) is 24.4. The number of amides is 1. The van der Waals surface area contributed by atoms with Crippen molar-refractivity contribution in [3.8, 4) is 11.1 Å². The van der Waals surface area contributed by atoms with E-state index in [1.165, 1.54) is 0 Å². The normalized spacial score (nSPS) is 12.0. The molecule has 4 rings (SSSR count). The van der Waals surface area contributed by atoms with Gasteiger partial charge in [0.2, 0.25) is 0 Å². The molecule has 1 atom stereocenters. The third-order valence-corrected chi connectivity index (χ3v) is 7.44. The van der Waals surface area contributed by atoms with Gasteiger partial charge in [0.05, 0.1) is 11.6 Å². The Morgan fingerprint density at radius 2 is 1.62 bits per heavy atom. The number of hydrogen-bond donors (Lipinski definition) is 1. The van der Waals surface area contributed by atoms with Gasteiger partial charge in [-0.1, -0.05) is 85.6 Å². The van der Waals surface area contributed by atoms with Gasteiger partial charge in [0, 0.05) is 29.4 Å². The Hall–Kier alpha value is -3.74. The lowest BCUT2D eigenvalue weighted by Gasteiger charge is -2.36. The Bertz CT molecular complexity index is 1500. The summed E-state index contributed by atoms with van der Waals surface area (Å²) in [7, 11) is 0. The molecular weight excluding hydrogens is 520 g/mol. The predicted octanol–water partition coefficient (Wildman–Crippen LogP) is 6.42. The fraction of sp³-hybridized carbons (Fsp3) is 0.303. The van der Waals surface area contributed by atoms with Gasteiger partial charge in [0.1, 0.15) is 5.82 Å². The lowest BCUT2D eigenvalue weighted by molar-refractivity contribution is 0.0602. The lowest BCUT2D eigenvalue weighted by Crippen LogP contribution is -2.42. The molecule has 1 aromatic heterocycles. The van der Waals surface area contributed by atoms with Crippen molar-refractivity contribution in [1.29, 1.82) is 0 Å². The van der Waals surface area contributed by atoms with Crippen molar-refractivity contribution >= 4 is 17.5 Å². The minimum Gasteiger partial charge on any atom is -0.330 e. The summed E-state index contributed by atoms with van der Waals surface area (Å²) in [5, 5.41) is 0.598. The summed E-state index contributed by atoms with van der Waals surface area (Å²) in [5.74, 6) is 0.436. The van der Waals surface area contributed by atoms with Gasteiger partial charge in [-0.2, -0.15) is 4.98 Å². The van der Waals surface area contributed by atoms with Crippen LogP contribution in [0, 0.1) is 19.8 Å². The van der Waals surface area contributed by atoms with Crippen LogP contribution < -0.4 is 11.3 Å². The minimum absolute atomic E-state index is 0.0260. The van der Waals surface area contributed by atoms with E-state index in [1.807, 2.05) is 73.3 Å². The largest absolute Gasteiger partial charge is 0.330 e. The van der Waals surface area contributed by atoms with E-state index in [0.717, 1.165) is 22.4 Å². The van der Waals surface area contributed by atoms with Crippen molar-refractivity contribution in [3.05, 3.63) is 122 Å². The second-order valence-electron chi connectivity index (χ2n) is 10.5. The number of halogens is 1. The van der Waals surface area contributed by atoms with Gasteiger partial charge in [0.15, 0.2) is 0 Å². The van der Waals surface area contributed by atoms with Gasteiger partial charge in [-0.3, -0.25) is 9.59 Å². The Labute approximate surface area is 241 Å². The minimum atomic E-state index is -0.449. The van der Waals surface area contributed by atoms with Crippen molar-refractivity contribution < 1.29 is 4.79 Å². The molecule has 40 heavy (non-hydrogen) atoms. The number of rotatable bonds is 10. The summed E-state index contributed by atoms with van der Waals surface area (Å²) in [6.45, 7) is 9.46. The molecule has 0 aliphatic carbocycles.